The zero-order valence-corrected chi connectivity index (χ0v) is 10.8. The maximum atomic E-state index is 13.6. The van der Waals surface area contributed by atoms with Crippen molar-refractivity contribution >= 4 is 11.7 Å². The van der Waals surface area contributed by atoms with Gasteiger partial charge >= 0.3 is 5.97 Å². The second-order valence-electron chi connectivity index (χ2n) is 3.91. The van der Waals surface area contributed by atoms with Gasteiger partial charge in [0.2, 0.25) is 0 Å². The average molecular weight is 255 g/mol. The van der Waals surface area contributed by atoms with Gasteiger partial charge in [0.25, 0.3) is 0 Å². The van der Waals surface area contributed by atoms with E-state index < -0.39 is 17.9 Å². The van der Waals surface area contributed by atoms with Crippen LogP contribution in [-0.4, -0.2) is 18.7 Å². The van der Waals surface area contributed by atoms with Crippen molar-refractivity contribution in [1.29, 1.82) is 0 Å². The fraction of sp³-hybridized carbons (Fsp3) is 0.462. The van der Waals surface area contributed by atoms with E-state index in [9.17, 15) is 9.18 Å². The maximum absolute atomic E-state index is 13.6. The number of anilines is 1. The lowest BCUT2D eigenvalue weighted by Gasteiger charge is -2.17. The van der Waals surface area contributed by atoms with Gasteiger partial charge in [-0.3, -0.25) is 0 Å². The van der Waals surface area contributed by atoms with Crippen LogP contribution in [0.3, 0.4) is 0 Å². The van der Waals surface area contributed by atoms with Crippen molar-refractivity contribution < 1.29 is 18.7 Å². The SMILES string of the molecule is CCOC(=O)C(CC)Oc1cc(C)c(N)cc1F. The summed E-state index contributed by atoms with van der Waals surface area (Å²) in [7, 11) is 0. The molecule has 0 heterocycles. The van der Waals surface area contributed by atoms with Crippen LogP contribution in [0.25, 0.3) is 0 Å². The van der Waals surface area contributed by atoms with Gasteiger partial charge in [0.15, 0.2) is 17.7 Å². The second-order valence-corrected chi connectivity index (χ2v) is 3.91. The molecular formula is C13H18FNO3. The van der Waals surface area contributed by atoms with Crippen molar-refractivity contribution in [2.45, 2.75) is 33.3 Å². The number of hydrogen-bond acceptors (Lipinski definition) is 4. The van der Waals surface area contributed by atoms with Gasteiger partial charge in [-0.15, -0.1) is 0 Å². The summed E-state index contributed by atoms with van der Waals surface area (Å²) in [6.45, 7) is 5.48. The summed E-state index contributed by atoms with van der Waals surface area (Å²) in [5.74, 6) is -1.06. The molecule has 5 heteroatoms. The van der Waals surface area contributed by atoms with Gasteiger partial charge in [-0.25, -0.2) is 9.18 Å². The first-order chi connectivity index (χ1) is 8.49. The average Bonchev–Trinajstić information content (AvgIpc) is 2.32. The van der Waals surface area contributed by atoms with Gasteiger partial charge in [-0.05, 0) is 31.9 Å². The quantitative estimate of drug-likeness (QED) is 0.648. The van der Waals surface area contributed by atoms with E-state index in [0.29, 0.717) is 17.7 Å². The van der Waals surface area contributed by atoms with Crippen LogP contribution in [0, 0.1) is 12.7 Å². The Labute approximate surface area is 106 Å². The summed E-state index contributed by atoms with van der Waals surface area (Å²) in [4.78, 5) is 11.5. The van der Waals surface area contributed by atoms with Crippen molar-refractivity contribution in [2.75, 3.05) is 12.3 Å². The molecule has 0 aliphatic rings. The van der Waals surface area contributed by atoms with E-state index in [1.54, 1.807) is 20.8 Å². The van der Waals surface area contributed by atoms with E-state index in [-0.39, 0.29) is 12.4 Å². The number of hydrogen-bond donors (Lipinski definition) is 1. The Balaban J connectivity index is 2.88. The Morgan fingerprint density at radius 2 is 2.11 bits per heavy atom. The van der Waals surface area contributed by atoms with Gasteiger partial charge in [0, 0.05) is 11.8 Å². The minimum Gasteiger partial charge on any atom is -0.476 e. The molecule has 0 radical (unpaired) electrons. The molecule has 0 aromatic heterocycles. The van der Waals surface area contributed by atoms with Crippen molar-refractivity contribution in [2.24, 2.45) is 0 Å². The molecule has 0 aliphatic heterocycles. The first-order valence-corrected chi connectivity index (χ1v) is 5.88. The zero-order valence-electron chi connectivity index (χ0n) is 10.8. The summed E-state index contributed by atoms with van der Waals surface area (Å²) in [6, 6.07) is 2.66. The van der Waals surface area contributed by atoms with Crippen molar-refractivity contribution in [3.05, 3.63) is 23.5 Å². The van der Waals surface area contributed by atoms with E-state index in [1.165, 1.54) is 12.1 Å². The second kappa shape index (κ2) is 6.23. The number of aryl methyl sites for hydroxylation is 1. The molecule has 1 atom stereocenters. The predicted octanol–water partition coefficient (Wildman–Crippen LogP) is 2.44. The van der Waals surface area contributed by atoms with E-state index in [1.807, 2.05) is 0 Å². The van der Waals surface area contributed by atoms with Crippen LogP contribution in [0.4, 0.5) is 10.1 Å². The molecule has 0 spiro atoms. The van der Waals surface area contributed by atoms with Gasteiger partial charge < -0.3 is 15.2 Å². The summed E-state index contributed by atoms with van der Waals surface area (Å²) in [5.41, 5.74) is 6.62. The van der Waals surface area contributed by atoms with Crippen LogP contribution in [0.5, 0.6) is 5.75 Å². The number of halogens is 1. The van der Waals surface area contributed by atoms with Crippen LogP contribution in [0.1, 0.15) is 25.8 Å². The number of rotatable bonds is 5. The standard InChI is InChI=1S/C13H18FNO3/c1-4-11(13(16)17-5-2)18-12-6-8(3)10(15)7-9(12)14/h6-7,11H,4-5,15H2,1-3H3. The Morgan fingerprint density at radius 3 is 2.67 bits per heavy atom. The first-order valence-electron chi connectivity index (χ1n) is 5.88. The highest BCUT2D eigenvalue weighted by Gasteiger charge is 2.21. The van der Waals surface area contributed by atoms with E-state index >= 15 is 0 Å². The number of carbonyl (C=O) groups excluding carboxylic acids is 1. The van der Waals surface area contributed by atoms with Crippen LogP contribution in [0.15, 0.2) is 12.1 Å². The summed E-state index contributed by atoms with van der Waals surface area (Å²) >= 11 is 0. The number of esters is 1. The molecule has 0 fully saturated rings. The Bertz CT molecular complexity index is 434. The number of benzene rings is 1. The Hall–Kier alpha value is -1.78. The maximum Gasteiger partial charge on any atom is 0.347 e. The lowest BCUT2D eigenvalue weighted by molar-refractivity contribution is -0.151. The molecule has 1 aromatic carbocycles. The minimum absolute atomic E-state index is 0.0154. The lowest BCUT2D eigenvalue weighted by Crippen LogP contribution is -2.29. The molecule has 100 valence electrons. The van der Waals surface area contributed by atoms with Crippen molar-refractivity contribution in [1.82, 2.24) is 0 Å². The van der Waals surface area contributed by atoms with Gasteiger partial charge in [0.1, 0.15) is 0 Å². The van der Waals surface area contributed by atoms with Gasteiger partial charge in [-0.1, -0.05) is 6.92 Å². The number of carbonyl (C=O) groups is 1. The smallest absolute Gasteiger partial charge is 0.347 e. The fourth-order valence-corrected chi connectivity index (χ4v) is 1.45. The van der Waals surface area contributed by atoms with Gasteiger partial charge in [-0.2, -0.15) is 0 Å². The summed E-state index contributed by atoms with van der Waals surface area (Å²) < 4.78 is 23.8. The van der Waals surface area contributed by atoms with E-state index in [2.05, 4.69) is 0 Å². The minimum atomic E-state index is -0.803. The topological polar surface area (TPSA) is 61.5 Å². The monoisotopic (exact) mass is 255 g/mol. The molecule has 18 heavy (non-hydrogen) atoms. The molecule has 0 aliphatic carbocycles. The highest BCUT2D eigenvalue weighted by Crippen LogP contribution is 2.25. The summed E-state index contributed by atoms with van der Waals surface area (Å²) in [6.07, 6.45) is -0.399. The van der Waals surface area contributed by atoms with E-state index in [4.69, 9.17) is 15.2 Å². The van der Waals surface area contributed by atoms with Crippen LogP contribution < -0.4 is 10.5 Å². The van der Waals surface area contributed by atoms with Crippen LogP contribution >= 0.6 is 0 Å². The molecule has 1 aromatic rings. The first kappa shape index (κ1) is 14.3. The molecule has 0 bridgehead atoms. The third-order valence-electron chi connectivity index (χ3n) is 2.51. The third-order valence-corrected chi connectivity index (χ3v) is 2.51. The van der Waals surface area contributed by atoms with Crippen molar-refractivity contribution in [3.63, 3.8) is 0 Å². The number of nitrogen functional groups attached to an aromatic ring is 1. The third kappa shape index (κ3) is 3.35. The Kier molecular flexibility index (Phi) is 4.95. The molecule has 4 nitrogen and oxygen atoms in total. The molecule has 1 unspecified atom stereocenters. The normalized spacial score (nSPS) is 12.0. The predicted molar refractivity (Wildman–Crippen MR) is 66.9 cm³/mol. The fourth-order valence-electron chi connectivity index (χ4n) is 1.45. The van der Waals surface area contributed by atoms with E-state index in [0.717, 1.165) is 0 Å². The number of ether oxygens (including phenoxy) is 2. The molecular weight excluding hydrogens is 237 g/mol. The van der Waals surface area contributed by atoms with Crippen LogP contribution in [-0.2, 0) is 9.53 Å². The Morgan fingerprint density at radius 1 is 1.44 bits per heavy atom. The highest BCUT2D eigenvalue weighted by atomic mass is 19.1. The molecule has 0 saturated heterocycles. The molecule has 2 N–H and O–H groups in total. The lowest BCUT2D eigenvalue weighted by atomic mass is 10.2. The van der Waals surface area contributed by atoms with Gasteiger partial charge in [0.05, 0.1) is 6.61 Å². The van der Waals surface area contributed by atoms with Crippen molar-refractivity contribution in [3.8, 4) is 5.75 Å². The molecule has 0 amide bonds. The zero-order chi connectivity index (χ0) is 13.7. The largest absolute Gasteiger partial charge is 0.476 e. The molecule has 0 saturated carbocycles. The summed E-state index contributed by atoms with van der Waals surface area (Å²) in [5, 5.41) is 0. The number of nitrogens with two attached hydrogens (primary N) is 1. The van der Waals surface area contributed by atoms with Crippen LogP contribution in [0.2, 0.25) is 0 Å². The molecule has 1 rings (SSSR count). The highest BCUT2D eigenvalue weighted by molar-refractivity contribution is 5.75.